The molecule has 0 atom stereocenters. The summed E-state index contributed by atoms with van der Waals surface area (Å²) in [4.78, 5) is 17.7. The van der Waals surface area contributed by atoms with E-state index >= 15 is 0 Å². The number of aromatic nitrogens is 2. The number of nitrogens with zero attached hydrogens (tertiary/aromatic N) is 1. The molecule has 0 aromatic carbocycles. The summed E-state index contributed by atoms with van der Waals surface area (Å²) in [5.74, 6) is 0. The summed E-state index contributed by atoms with van der Waals surface area (Å²) in [7, 11) is 0. The van der Waals surface area contributed by atoms with E-state index in [9.17, 15) is 4.79 Å². The highest BCUT2D eigenvalue weighted by Crippen LogP contribution is 2.09. The zero-order valence-electron chi connectivity index (χ0n) is 6.04. The molecule has 0 radical (unpaired) electrons. The van der Waals surface area contributed by atoms with Gasteiger partial charge in [0.15, 0.2) is 0 Å². The summed E-state index contributed by atoms with van der Waals surface area (Å²) in [5.41, 5.74) is 1.12. The van der Waals surface area contributed by atoms with Gasteiger partial charge in [-0.05, 0) is 18.2 Å². The summed E-state index contributed by atoms with van der Waals surface area (Å²) < 4.78 is 0. The van der Waals surface area contributed by atoms with Crippen LogP contribution in [0, 0.1) is 0 Å². The third kappa shape index (κ3) is 1.08. The van der Waals surface area contributed by atoms with Gasteiger partial charge in [0, 0.05) is 6.20 Å². The lowest BCUT2D eigenvalue weighted by molar-refractivity contribution is 1.27. The third-order valence-electron chi connectivity index (χ3n) is 1.57. The van der Waals surface area contributed by atoms with Gasteiger partial charge >= 0.3 is 0 Å². The molecule has 0 fully saturated rings. The number of rotatable bonds is 0. The molecule has 3 nitrogen and oxygen atoms in total. The second kappa shape index (κ2) is 2.60. The van der Waals surface area contributed by atoms with E-state index < -0.39 is 0 Å². The monoisotopic (exact) mass is 180 g/mol. The summed E-state index contributed by atoms with van der Waals surface area (Å²) in [6.45, 7) is 0. The fraction of sp³-hybridized carbons (Fsp3) is 0. The van der Waals surface area contributed by atoms with Gasteiger partial charge in [-0.3, -0.25) is 9.78 Å². The van der Waals surface area contributed by atoms with Crippen molar-refractivity contribution in [2.45, 2.75) is 0 Å². The van der Waals surface area contributed by atoms with Gasteiger partial charge in [0.05, 0.1) is 11.0 Å². The van der Waals surface area contributed by atoms with Crippen molar-refractivity contribution < 1.29 is 0 Å². The van der Waals surface area contributed by atoms with Crippen molar-refractivity contribution in [1.29, 1.82) is 0 Å². The van der Waals surface area contributed by atoms with E-state index in [1.54, 1.807) is 24.4 Å². The molecule has 1 N–H and O–H groups in total. The number of hydrogen-bond donors (Lipinski definition) is 1. The van der Waals surface area contributed by atoms with E-state index in [0.717, 1.165) is 0 Å². The average Bonchev–Trinajstić information content (AvgIpc) is 2.07. The molecule has 0 bridgehead atoms. The van der Waals surface area contributed by atoms with E-state index in [2.05, 4.69) is 9.97 Å². The van der Waals surface area contributed by atoms with Crippen LogP contribution in [-0.2, 0) is 0 Å². The normalized spacial score (nSPS) is 10.4. The fourth-order valence-corrected chi connectivity index (χ4v) is 1.16. The molecule has 2 aromatic heterocycles. The molecule has 60 valence electrons. The summed E-state index contributed by atoms with van der Waals surface area (Å²) >= 11 is 5.60. The van der Waals surface area contributed by atoms with Crippen molar-refractivity contribution >= 4 is 22.6 Å². The predicted octanol–water partition coefficient (Wildman–Crippen LogP) is 1.58. The Morgan fingerprint density at radius 3 is 3.17 bits per heavy atom. The van der Waals surface area contributed by atoms with Crippen LogP contribution in [0.5, 0.6) is 0 Å². The van der Waals surface area contributed by atoms with Crippen LogP contribution in [0.15, 0.2) is 29.2 Å². The first-order chi connectivity index (χ1) is 5.77. The van der Waals surface area contributed by atoms with Crippen LogP contribution in [-0.4, -0.2) is 9.97 Å². The molecule has 2 heterocycles. The largest absolute Gasteiger partial charge is 0.319 e. The Labute approximate surface area is 73.0 Å². The molecule has 2 aromatic rings. The van der Waals surface area contributed by atoms with E-state index in [1.807, 2.05) is 0 Å². The van der Waals surface area contributed by atoms with E-state index in [-0.39, 0.29) is 10.6 Å². The Balaban J connectivity index is 2.93. The lowest BCUT2D eigenvalue weighted by Gasteiger charge is -1.94. The smallest absolute Gasteiger partial charge is 0.267 e. The maximum Gasteiger partial charge on any atom is 0.267 e. The first kappa shape index (κ1) is 7.31. The Kier molecular flexibility index (Phi) is 1.59. The molecule has 0 aliphatic rings. The molecule has 2 rings (SSSR count). The molecular formula is C8H5ClN2O. The van der Waals surface area contributed by atoms with Crippen LogP contribution in [0.25, 0.3) is 11.0 Å². The molecule has 0 saturated carbocycles. The predicted molar refractivity (Wildman–Crippen MR) is 47.4 cm³/mol. The summed E-state index contributed by atoms with van der Waals surface area (Å²) in [6, 6.07) is 5.09. The van der Waals surface area contributed by atoms with Crippen molar-refractivity contribution in [2.24, 2.45) is 0 Å². The molecule has 0 aliphatic heterocycles. The maximum absolute atomic E-state index is 11.0. The molecule has 4 heteroatoms. The van der Waals surface area contributed by atoms with Gasteiger partial charge in [0.25, 0.3) is 5.56 Å². The van der Waals surface area contributed by atoms with E-state index in [1.165, 1.54) is 0 Å². The molecule has 0 aliphatic carbocycles. The molecule has 12 heavy (non-hydrogen) atoms. The number of fused-ring (bicyclic) bond motifs is 1. The Bertz CT molecular complexity index is 478. The Morgan fingerprint density at radius 2 is 2.33 bits per heavy atom. The van der Waals surface area contributed by atoms with Crippen molar-refractivity contribution in [2.75, 3.05) is 0 Å². The Morgan fingerprint density at radius 1 is 1.50 bits per heavy atom. The minimum absolute atomic E-state index is 0.168. The number of pyridine rings is 2. The van der Waals surface area contributed by atoms with Gasteiger partial charge < -0.3 is 4.98 Å². The first-order valence-electron chi connectivity index (χ1n) is 3.41. The zero-order chi connectivity index (χ0) is 8.55. The minimum Gasteiger partial charge on any atom is -0.319 e. The van der Waals surface area contributed by atoms with Crippen LogP contribution >= 0.6 is 11.6 Å². The van der Waals surface area contributed by atoms with Gasteiger partial charge in [-0.15, -0.1) is 0 Å². The van der Waals surface area contributed by atoms with Crippen molar-refractivity contribution in [3.63, 3.8) is 0 Å². The molecular weight excluding hydrogens is 176 g/mol. The second-order valence-corrected chi connectivity index (χ2v) is 2.79. The quantitative estimate of drug-likeness (QED) is 0.669. The third-order valence-corrected chi connectivity index (χ3v) is 1.85. The molecule has 0 spiro atoms. The fourth-order valence-electron chi connectivity index (χ4n) is 1.01. The topological polar surface area (TPSA) is 45.8 Å². The number of hydrogen-bond acceptors (Lipinski definition) is 2. The molecule has 0 amide bonds. The van der Waals surface area contributed by atoms with Crippen LogP contribution < -0.4 is 5.56 Å². The highest BCUT2D eigenvalue weighted by atomic mass is 35.5. The second-order valence-electron chi connectivity index (χ2n) is 2.38. The first-order valence-corrected chi connectivity index (χ1v) is 3.79. The summed E-state index contributed by atoms with van der Waals surface area (Å²) in [5, 5.41) is 0.168. The zero-order valence-corrected chi connectivity index (χ0v) is 6.80. The van der Waals surface area contributed by atoms with E-state index in [4.69, 9.17) is 11.6 Å². The number of nitrogens with one attached hydrogen (secondary N) is 1. The average molecular weight is 181 g/mol. The standard InChI is InChI=1S/C8H5ClN2O/c9-5-4-7-6(11-8(5)12)2-1-3-10-7/h1-4H,(H,11,12). The SMILES string of the molecule is O=c1[nH]c2cccnc2cc1Cl. The Hall–Kier alpha value is -1.35. The van der Waals surface area contributed by atoms with Crippen molar-refractivity contribution in [3.05, 3.63) is 39.8 Å². The van der Waals surface area contributed by atoms with Crippen LogP contribution in [0.4, 0.5) is 0 Å². The lowest BCUT2D eigenvalue weighted by atomic mass is 10.3. The van der Waals surface area contributed by atoms with Gasteiger partial charge in [-0.1, -0.05) is 11.6 Å². The maximum atomic E-state index is 11.0. The number of halogens is 1. The lowest BCUT2D eigenvalue weighted by Crippen LogP contribution is -2.05. The minimum atomic E-state index is -0.280. The van der Waals surface area contributed by atoms with Crippen LogP contribution in [0.3, 0.4) is 0 Å². The van der Waals surface area contributed by atoms with Gasteiger partial charge in [0.1, 0.15) is 5.02 Å². The van der Waals surface area contributed by atoms with E-state index in [0.29, 0.717) is 11.0 Å². The highest BCUT2D eigenvalue weighted by molar-refractivity contribution is 6.30. The van der Waals surface area contributed by atoms with Crippen LogP contribution in [0.2, 0.25) is 5.02 Å². The summed E-state index contributed by atoms with van der Waals surface area (Å²) in [6.07, 6.45) is 1.65. The van der Waals surface area contributed by atoms with Gasteiger partial charge in [-0.25, -0.2) is 0 Å². The highest BCUT2D eigenvalue weighted by Gasteiger charge is 1.98. The number of H-pyrrole nitrogens is 1. The van der Waals surface area contributed by atoms with Crippen LogP contribution in [0.1, 0.15) is 0 Å². The molecule has 0 unspecified atom stereocenters. The number of aromatic amines is 1. The molecule has 0 saturated heterocycles. The van der Waals surface area contributed by atoms with Gasteiger partial charge in [-0.2, -0.15) is 0 Å². The van der Waals surface area contributed by atoms with Crippen molar-refractivity contribution in [3.8, 4) is 0 Å². The van der Waals surface area contributed by atoms with Crippen molar-refractivity contribution in [1.82, 2.24) is 9.97 Å². The van der Waals surface area contributed by atoms with Gasteiger partial charge in [0.2, 0.25) is 0 Å².